The molecule has 0 radical (unpaired) electrons. The van der Waals surface area contributed by atoms with Crippen LogP contribution in [0.2, 0.25) is 0 Å². The summed E-state index contributed by atoms with van der Waals surface area (Å²) >= 11 is 5.33. The van der Waals surface area contributed by atoms with Crippen molar-refractivity contribution in [3.8, 4) is 5.88 Å². The van der Waals surface area contributed by atoms with E-state index in [0.717, 1.165) is 30.8 Å². The van der Waals surface area contributed by atoms with Crippen LogP contribution < -0.4 is 4.74 Å². The highest BCUT2D eigenvalue weighted by atomic mass is 32.1. The first kappa shape index (κ1) is 13.0. The minimum Gasteiger partial charge on any atom is -0.481 e. The highest BCUT2D eigenvalue weighted by Gasteiger charge is 2.07. The first-order chi connectivity index (χ1) is 8.65. The lowest BCUT2D eigenvalue weighted by atomic mass is 10.4. The van der Waals surface area contributed by atoms with Gasteiger partial charge in [0.15, 0.2) is 10.4 Å². The number of H-pyrrole nitrogens is 1. The highest BCUT2D eigenvalue weighted by molar-refractivity contribution is 7.71. The third-order valence-corrected chi connectivity index (χ3v) is 3.37. The van der Waals surface area contributed by atoms with E-state index >= 15 is 0 Å². The van der Waals surface area contributed by atoms with Crippen LogP contribution in [0, 0.1) is 4.77 Å². The summed E-state index contributed by atoms with van der Waals surface area (Å²) in [4.78, 5) is 9.84. The van der Waals surface area contributed by atoms with Gasteiger partial charge in [-0.3, -0.25) is 0 Å². The summed E-state index contributed by atoms with van der Waals surface area (Å²) in [6.07, 6.45) is 0. The highest BCUT2D eigenvalue weighted by Crippen LogP contribution is 2.16. The number of hydrogen-bond acceptors (Lipinski definition) is 4. The Balaban J connectivity index is 2.36. The standard InChI is InChI=1S/C12H18N4OS/c1-4-15(2)7-8-16-11-9(13-12(16)18)5-6-10(14-11)17-3/h5-6H,4,7-8H2,1-3H3,(H,13,18). The molecule has 0 bridgehead atoms. The van der Waals surface area contributed by atoms with E-state index in [-0.39, 0.29) is 0 Å². The molecule has 2 heterocycles. The molecule has 0 amide bonds. The van der Waals surface area contributed by atoms with E-state index in [9.17, 15) is 0 Å². The monoisotopic (exact) mass is 266 g/mol. The Morgan fingerprint density at radius 1 is 1.50 bits per heavy atom. The van der Waals surface area contributed by atoms with Crippen molar-refractivity contribution >= 4 is 23.4 Å². The summed E-state index contributed by atoms with van der Waals surface area (Å²) < 4.78 is 7.87. The van der Waals surface area contributed by atoms with Gasteiger partial charge in [-0.1, -0.05) is 6.92 Å². The van der Waals surface area contributed by atoms with Crippen LogP contribution in [0.4, 0.5) is 0 Å². The number of aromatic nitrogens is 3. The van der Waals surface area contributed by atoms with E-state index in [4.69, 9.17) is 17.0 Å². The molecular formula is C12H18N4OS. The molecule has 2 rings (SSSR count). The number of rotatable bonds is 5. The van der Waals surface area contributed by atoms with Crippen LogP contribution in [0.3, 0.4) is 0 Å². The number of hydrogen-bond donors (Lipinski definition) is 1. The molecule has 0 fully saturated rings. The molecule has 18 heavy (non-hydrogen) atoms. The lowest BCUT2D eigenvalue weighted by Gasteiger charge is -2.14. The van der Waals surface area contributed by atoms with Crippen molar-refractivity contribution in [3.05, 3.63) is 16.9 Å². The molecule has 1 N–H and O–H groups in total. The normalized spacial score (nSPS) is 11.3. The van der Waals surface area contributed by atoms with Crippen LogP contribution in [0.15, 0.2) is 12.1 Å². The molecular weight excluding hydrogens is 248 g/mol. The summed E-state index contributed by atoms with van der Waals surface area (Å²) in [6, 6.07) is 3.77. The second kappa shape index (κ2) is 5.49. The van der Waals surface area contributed by atoms with Crippen molar-refractivity contribution in [2.24, 2.45) is 0 Å². The SMILES string of the molecule is CCN(C)CCn1c(=S)[nH]c2ccc(OC)nc21. The van der Waals surface area contributed by atoms with Crippen molar-refractivity contribution in [3.63, 3.8) is 0 Å². The third-order valence-electron chi connectivity index (χ3n) is 3.05. The number of likely N-dealkylation sites (N-methyl/N-ethyl adjacent to an activating group) is 1. The summed E-state index contributed by atoms with van der Waals surface area (Å²) in [5.41, 5.74) is 1.80. The largest absolute Gasteiger partial charge is 0.481 e. The first-order valence-electron chi connectivity index (χ1n) is 5.97. The molecule has 0 aliphatic carbocycles. The number of methoxy groups -OCH3 is 1. The van der Waals surface area contributed by atoms with Crippen LogP contribution in [-0.2, 0) is 6.54 Å². The Morgan fingerprint density at radius 2 is 2.28 bits per heavy atom. The Morgan fingerprint density at radius 3 is 2.94 bits per heavy atom. The molecule has 0 aliphatic heterocycles. The number of nitrogens with zero attached hydrogens (tertiary/aromatic N) is 3. The number of imidazole rings is 1. The molecule has 0 saturated heterocycles. The average Bonchev–Trinajstić information content (AvgIpc) is 2.70. The molecule has 0 atom stereocenters. The van der Waals surface area contributed by atoms with Gasteiger partial charge in [-0.05, 0) is 31.9 Å². The lowest BCUT2D eigenvalue weighted by molar-refractivity contribution is 0.336. The van der Waals surface area contributed by atoms with E-state index < -0.39 is 0 Å². The smallest absolute Gasteiger partial charge is 0.215 e. The third kappa shape index (κ3) is 2.54. The maximum absolute atomic E-state index is 5.33. The summed E-state index contributed by atoms with van der Waals surface area (Å²) in [6.45, 7) is 4.92. The van der Waals surface area contributed by atoms with Gasteiger partial charge in [0.25, 0.3) is 0 Å². The van der Waals surface area contributed by atoms with Crippen LogP contribution in [0.1, 0.15) is 6.92 Å². The van der Waals surface area contributed by atoms with E-state index in [0.29, 0.717) is 10.7 Å². The fourth-order valence-electron chi connectivity index (χ4n) is 1.76. The second-order valence-corrected chi connectivity index (χ2v) is 4.59. The summed E-state index contributed by atoms with van der Waals surface area (Å²) in [7, 11) is 3.71. The van der Waals surface area contributed by atoms with Gasteiger partial charge in [-0.2, -0.15) is 4.98 Å². The maximum atomic E-state index is 5.33. The Labute approximate surface area is 111 Å². The molecule has 0 aliphatic rings. The Hall–Kier alpha value is -1.40. The van der Waals surface area contributed by atoms with E-state index in [1.165, 1.54) is 0 Å². The van der Waals surface area contributed by atoms with Crippen molar-refractivity contribution < 1.29 is 4.74 Å². The topological polar surface area (TPSA) is 46.1 Å². The van der Waals surface area contributed by atoms with Crippen molar-refractivity contribution in [1.82, 2.24) is 19.4 Å². The number of fused-ring (bicyclic) bond motifs is 1. The molecule has 5 nitrogen and oxygen atoms in total. The van der Waals surface area contributed by atoms with E-state index in [1.54, 1.807) is 7.11 Å². The van der Waals surface area contributed by atoms with Crippen molar-refractivity contribution in [2.75, 3.05) is 27.2 Å². The van der Waals surface area contributed by atoms with Gasteiger partial charge in [0.1, 0.15) is 0 Å². The number of ether oxygens (including phenoxy) is 1. The fourth-order valence-corrected chi connectivity index (χ4v) is 2.05. The van der Waals surface area contributed by atoms with Gasteiger partial charge in [0.05, 0.1) is 12.6 Å². The van der Waals surface area contributed by atoms with Gasteiger partial charge >= 0.3 is 0 Å². The number of aromatic amines is 1. The number of pyridine rings is 1. The molecule has 98 valence electrons. The van der Waals surface area contributed by atoms with Gasteiger partial charge in [0, 0.05) is 19.2 Å². The minimum atomic E-state index is 0.606. The van der Waals surface area contributed by atoms with Gasteiger partial charge in [-0.25, -0.2) is 0 Å². The van der Waals surface area contributed by atoms with Crippen molar-refractivity contribution in [2.45, 2.75) is 13.5 Å². The van der Waals surface area contributed by atoms with Gasteiger partial charge < -0.3 is 19.2 Å². The predicted molar refractivity (Wildman–Crippen MR) is 74.6 cm³/mol. The lowest BCUT2D eigenvalue weighted by Crippen LogP contribution is -2.22. The Kier molecular flexibility index (Phi) is 3.98. The van der Waals surface area contributed by atoms with Gasteiger partial charge in [-0.15, -0.1) is 0 Å². The number of nitrogens with one attached hydrogen (secondary N) is 1. The molecule has 0 unspecified atom stereocenters. The van der Waals surface area contributed by atoms with E-state index in [2.05, 4.69) is 28.8 Å². The fraction of sp³-hybridized carbons (Fsp3) is 0.500. The summed E-state index contributed by atoms with van der Waals surface area (Å²) in [5, 5.41) is 0. The Bertz CT molecular complexity index is 589. The molecule has 2 aromatic rings. The van der Waals surface area contributed by atoms with Crippen LogP contribution >= 0.6 is 12.2 Å². The molecule has 0 aromatic carbocycles. The van der Waals surface area contributed by atoms with Crippen LogP contribution in [0.5, 0.6) is 5.88 Å². The van der Waals surface area contributed by atoms with Crippen LogP contribution in [-0.4, -0.2) is 46.7 Å². The maximum Gasteiger partial charge on any atom is 0.215 e. The zero-order chi connectivity index (χ0) is 13.1. The van der Waals surface area contributed by atoms with Crippen molar-refractivity contribution in [1.29, 1.82) is 0 Å². The summed E-state index contributed by atoms with van der Waals surface area (Å²) in [5.74, 6) is 0.606. The predicted octanol–water partition coefficient (Wildman–Crippen LogP) is 2.05. The second-order valence-electron chi connectivity index (χ2n) is 4.20. The molecule has 0 saturated carbocycles. The zero-order valence-corrected chi connectivity index (χ0v) is 11.8. The first-order valence-corrected chi connectivity index (χ1v) is 6.38. The molecule has 2 aromatic heterocycles. The molecule has 0 spiro atoms. The van der Waals surface area contributed by atoms with Gasteiger partial charge in [0.2, 0.25) is 5.88 Å². The minimum absolute atomic E-state index is 0.606. The molecule has 6 heteroatoms. The van der Waals surface area contributed by atoms with Crippen LogP contribution in [0.25, 0.3) is 11.2 Å². The zero-order valence-electron chi connectivity index (χ0n) is 10.9. The quantitative estimate of drug-likeness (QED) is 0.841. The average molecular weight is 266 g/mol. The van der Waals surface area contributed by atoms with E-state index in [1.807, 2.05) is 16.7 Å².